The van der Waals surface area contributed by atoms with E-state index in [9.17, 15) is 18.0 Å². The molecule has 0 aliphatic heterocycles. The molecule has 7 nitrogen and oxygen atoms in total. The topological polar surface area (TPSA) is 118 Å². The highest BCUT2D eigenvalue weighted by atomic mass is 32.2. The van der Waals surface area contributed by atoms with E-state index >= 15 is 0 Å². The highest BCUT2D eigenvalue weighted by Gasteiger charge is 2.18. The molecule has 0 saturated heterocycles. The molecule has 0 aromatic heterocycles. The number of carbonyl (C=O) groups is 2. The largest absolute Gasteiger partial charge is 0.351 e. The number of primary amides is 1. The fourth-order valence-corrected chi connectivity index (χ4v) is 2.26. The Bertz CT molecular complexity index is 553. The van der Waals surface area contributed by atoms with Crippen LogP contribution in [0.4, 0.5) is 4.79 Å². The van der Waals surface area contributed by atoms with Crippen LogP contribution < -0.4 is 16.0 Å². The van der Waals surface area contributed by atoms with Gasteiger partial charge in [-0.3, -0.25) is 10.2 Å². The normalized spacial score (nSPS) is 10.9. The highest BCUT2D eigenvalue weighted by Crippen LogP contribution is 2.15. The third kappa shape index (κ3) is 3.26. The number of benzene rings is 1. The number of urea groups is 1. The van der Waals surface area contributed by atoms with E-state index in [4.69, 9.17) is 5.73 Å². The Morgan fingerprint density at radius 1 is 1.41 bits per heavy atom. The molecule has 0 aliphatic carbocycles. The molecular formula is C9H11N3O4S. The van der Waals surface area contributed by atoms with Gasteiger partial charge in [0, 0.05) is 5.56 Å². The Morgan fingerprint density at radius 2 is 2.06 bits per heavy atom. The molecule has 1 rings (SSSR count). The molecule has 0 radical (unpaired) electrons. The van der Waals surface area contributed by atoms with Crippen LogP contribution in [-0.2, 0) is 10.0 Å². The summed E-state index contributed by atoms with van der Waals surface area (Å²) >= 11 is 0. The molecule has 0 bridgehead atoms. The zero-order valence-electron chi connectivity index (χ0n) is 8.93. The second-order valence-corrected chi connectivity index (χ2v) is 4.90. The molecule has 8 heteroatoms. The molecule has 4 N–H and O–H groups in total. The molecule has 0 unspecified atom stereocenters. The van der Waals surface area contributed by atoms with E-state index in [0.717, 1.165) is 0 Å². The molecule has 92 valence electrons. The second kappa shape index (κ2) is 4.93. The van der Waals surface area contributed by atoms with Crippen LogP contribution in [0.1, 0.15) is 15.9 Å². The van der Waals surface area contributed by atoms with Crippen molar-refractivity contribution in [1.82, 2.24) is 10.3 Å². The first-order valence-corrected chi connectivity index (χ1v) is 5.98. The van der Waals surface area contributed by atoms with Crippen LogP contribution in [0, 0.1) is 6.92 Å². The van der Waals surface area contributed by atoms with E-state index in [1.54, 1.807) is 23.2 Å². The van der Waals surface area contributed by atoms with Gasteiger partial charge in [-0.15, -0.1) is 4.83 Å². The Labute approximate surface area is 98.0 Å². The van der Waals surface area contributed by atoms with Crippen LogP contribution in [-0.4, -0.2) is 20.7 Å². The molecule has 2 amide bonds. The van der Waals surface area contributed by atoms with Gasteiger partial charge in [0.15, 0.2) is 6.29 Å². The number of aryl methyl sites for hydroxylation is 1. The Hall–Kier alpha value is -1.93. The van der Waals surface area contributed by atoms with Gasteiger partial charge in [-0.05, 0) is 18.6 Å². The summed E-state index contributed by atoms with van der Waals surface area (Å²) in [7, 11) is -4.01. The quantitative estimate of drug-likeness (QED) is 0.505. The van der Waals surface area contributed by atoms with Crippen molar-refractivity contribution in [3.05, 3.63) is 29.3 Å². The van der Waals surface area contributed by atoms with Gasteiger partial charge in [-0.2, -0.15) is 0 Å². The second-order valence-electron chi connectivity index (χ2n) is 3.25. The molecule has 0 fully saturated rings. The highest BCUT2D eigenvalue weighted by molar-refractivity contribution is 7.89. The van der Waals surface area contributed by atoms with Crippen LogP contribution in [0.15, 0.2) is 23.1 Å². The Kier molecular flexibility index (Phi) is 3.81. The molecular weight excluding hydrogens is 246 g/mol. The minimum absolute atomic E-state index is 0.00521. The number of hydrazine groups is 1. The molecule has 0 heterocycles. The third-order valence-corrected chi connectivity index (χ3v) is 3.20. The lowest BCUT2D eigenvalue weighted by molar-refractivity contribution is 0.112. The maximum absolute atomic E-state index is 11.7. The van der Waals surface area contributed by atoms with Gasteiger partial charge in [-0.25, -0.2) is 13.2 Å². The lowest BCUT2D eigenvalue weighted by Crippen LogP contribution is -2.44. The van der Waals surface area contributed by atoms with Crippen LogP contribution in [0.5, 0.6) is 0 Å². The monoisotopic (exact) mass is 257 g/mol. The first kappa shape index (κ1) is 13.1. The standard InChI is InChI=1S/C9H11N3O4S/c1-6-2-3-7(5-13)8(4-6)17(15,16)12-11-9(10)14/h2-5,12H,1H3,(H3,10,11,14). The minimum Gasteiger partial charge on any atom is -0.351 e. The van der Waals surface area contributed by atoms with Gasteiger partial charge in [0.2, 0.25) is 0 Å². The molecule has 1 aromatic rings. The van der Waals surface area contributed by atoms with Gasteiger partial charge in [0.1, 0.15) is 0 Å². The number of rotatable bonds is 4. The lowest BCUT2D eigenvalue weighted by Gasteiger charge is -2.09. The Balaban J connectivity index is 3.17. The van der Waals surface area contributed by atoms with E-state index in [0.29, 0.717) is 11.8 Å². The van der Waals surface area contributed by atoms with Gasteiger partial charge in [0.25, 0.3) is 10.0 Å². The number of nitrogens with two attached hydrogens (primary N) is 1. The molecule has 0 aliphatic rings. The van der Waals surface area contributed by atoms with Crippen molar-refractivity contribution in [3.63, 3.8) is 0 Å². The van der Waals surface area contributed by atoms with Crippen molar-refractivity contribution in [2.75, 3.05) is 0 Å². The lowest BCUT2D eigenvalue weighted by atomic mass is 10.2. The van der Waals surface area contributed by atoms with Crippen molar-refractivity contribution in [3.8, 4) is 0 Å². The van der Waals surface area contributed by atoms with Crippen LogP contribution in [0.3, 0.4) is 0 Å². The number of carbonyl (C=O) groups excluding carboxylic acids is 2. The van der Waals surface area contributed by atoms with E-state index in [2.05, 4.69) is 0 Å². The van der Waals surface area contributed by atoms with Gasteiger partial charge < -0.3 is 5.73 Å². The van der Waals surface area contributed by atoms with E-state index < -0.39 is 16.1 Å². The maximum atomic E-state index is 11.7. The molecule has 0 atom stereocenters. The maximum Gasteiger partial charge on any atom is 0.327 e. The first-order chi connectivity index (χ1) is 7.86. The van der Waals surface area contributed by atoms with E-state index in [-0.39, 0.29) is 10.5 Å². The predicted octanol–water partition coefficient (Wildman–Crippen LogP) is -0.331. The number of amides is 2. The molecule has 1 aromatic carbocycles. The average molecular weight is 257 g/mol. The fraction of sp³-hybridized carbons (Fsp3) is 0.111. The SMILES string of the molecule is Cc1ccc(C=O)c(S(=O)(=O)NNC(N)=O)c1. The van der Waals surface area contributed by atoms with Gasteiger partial charge >= 0.3 is 6.03 Å². The summed E-state index contributed by atoms with van der Waals surface area (Å²) in [4.78, 5) is 22.7. The summed E-state index contributed by atoms with van der Waals surface area (Å²) in [6, 6.07) is 3.24. The van der Waals surface area contributed by atoms with Crippen LogP contribution in [0.25, 0.3) is 0 Å². The summed E-state index contributed by atoms with van der Waals surface area (Å²) in [5, 5.41) is 0. The minimum atomic E-state index is -4.01. The number of hydrogen-bond acceptors (Lipinski definition) is 4. The summed E-state index contributed by atoms with van der Waals surface area (Å²) in [6.45, 7) is 1.68. The van der Waals surface area contributed by atoms with Crippen molar-refractivity contribution in [1.29, 1.82) is 0 Å². The van der Waals surface area contributed by atoms with Crippen molar-refractivity contribution >= 4 is 22.3 Å². The summed E-state index contributed by atoms with van der Waals surface area (Å²) < 4.78 is 23.5. The third-order valence-electron chi connectivity index (χ3n) is 1.89. The van der Waals surface area contributed by atoms with E-state index in [1.165, 1.54) is 12.1 Å². The van der Waals surface area contributed by atoms with E-state index in [1.807, 2.05) is 0 Å². The number of aldehydes is 1. The summed E-state index contributed by atoms with van der Waals surface area (Å²) in [6.07, 6.45) is 0.415. The smallest absolute Gasteiger partial charge is 0.327 e. The zero-order valence-corrected chi connectivity index (χ0v) is 9.74. The van der Waals surface area contributed by atoms with Crippen LogP contribution >= 0.6 is 0 Å². The Morgan fingerprint density at radius 3 is 2.59 bits per heavy atom. The van der Waals surface area contributed by atoms with Crippen LogP contribution in [0.2, 0.25) is 0 Å². The van der Waals surface area contributed by atoms with Gasteiger partial charge in [0.05, 0.1) is 4.90 Å². The predicted molar refractivity (Wildman–Crippen MR) is 59.6 cm³/mol. The zero-order chi connectivity index (χ0) is 13.1. The van der Waals surface area contributed by atoms with Crippen molar-refractivity contribution in [2.45, 2.75) is 11.8 Å². The molecule has 0 spiro atoms. The van der Waals surface area contributed by atoms with Gasteiger partial charge in [-0.1, -0.05) is 12.1 Å². The molecule has 17 heavy (non-hydrogen) atoms. The van der Waals surface area contributed by atoms with Crippen molar-refractivity contribution < 1.29 is 18.0 Å². The first-order valence-electron chi connectivity index (χ1n) is 4.50. The molecule has 0 saturated carbocycles. The average Bonchev–Trinajstić information content (AvgIpc) is 2.26. The fourth-order valence-electron chi connectivity index (χ4n) is 1.14. The number of hydrogen-bond donors (Lipinski definition) is 3. The van der Waals surface area contributed by atoms with Crippen molar-refractivity contribution in [2.24, 2.45) is 5.73 Å². The summed E-state index contributed by atoms with van der Waals surface area (Å²) in [5.74, 6) is 0. The summed E-state index contributed by atoms with van der Waals surface area (Å²) in [5.41, 5.74) is 7.13. The number of nitrogens with one attached hydrogen (secondary N) is 2. The number of sulfonamides is 1.